The number of ether oxygens (including phenoxy) is 4. The van der Waals surface area contributed by atoms with E-state index in [9.17, 15) is 19.2 Å². The van der Waals surface area contributed by atoms with E-state index in [-0.39, 0.29) is 22.3 Å². The molecule has 2 saturated heterocycles. The van der Waals surface area contributed by atoms with Gasteiger partial charge in [-0.3, -0.25) is 29.8 Å². The van der Waals surface area contributed by atoms with E-state index in [0.717, 1.165) is 23.5 Å². The summed E-state index contributed by atoms with van der Waals surface area (Å²) in [7, 11) is 6.19. The predicted octanol–water partition coefficient (Wildman–Crippen LogP) is 4.06. The van der Waals surface area contributed by atoms with Gasteiger partial charge in [0.1, 0.15) is 23.0 Å². The highest BCUT2D eigenvalue weighted by atomic mass is 32.2. The van der Waals surface area contributed by atoms with Crippen LogP contribution in [0.5, 0.6) is 23.0 Å². The fourth-order valence-electron chi connectivity index (χ4n) is 3.00. The first-order valence-electron chi connectivity index (χ1n) is 10.2. The lowest BCUT2D eigenvalue weighted by Crippen LogP contribution is -2.17. The molecule has 2 heterocycles. The van der Waals surface area contributed by atoms with Crippen molar-refractivity contribution in [2.24, 2.45) is 0 Å². The van der Waals surface area contributed by atoms with E-state index >= 15 is 0 Å². The first kappa shape index (κ1) is 26.7. The Morgan fingerprint density at radius 3 is 1.28 bits per heavy atom. The summed E-state index contributed by atoms with van der Waals surface area (Å²) in [5, 5.41) is 3.67. The molecule has 0 aliphatic carbocycles. The number of thioether (sulfide) groups is 2. The molecule has 2 aromatic rings. The molecule has 4 rings (SSSR count). The second-order valence-corrected chi connectivity index (χ2v) is 8.95. The number of benzene rings is 2. The highest BCUT2D eigenvalue weighted by Crippen LogP contribution is 2.32. The molecule has 2 fully saturated rings. The highest BCUT2D eigenvalue weighted by molar-refractivity contribution is 8.18. The second kappa shape index (κ2) is 12.2. The summed E-state index contributed by atoms with van der Waals surface area (Å²) >= 11 is 1.74. The molecule has 36 heavy (non-hydrogen) atoms. The summed E-state index contributed by atoms with van der Waals surface area (Å²) in [5.74, 6) is 1.71. The number of imide groups is 2. The number of carbonyl (C=O) groups is 4. The fourth-order valence-corrected chi connectivity index (χ4v) is 4.35. The third-order valence-corrected chi connectivity index (χ3v) is 6.36. The minimum atomic E-state index is -0.386. The van der Waals surface area contributed by atoms with E-state index in [2.05, 4.69) is 10.6 Å². The molecule has 4 amide bonds. The number of carbonyl (C=O) groups excluding carboxylic acids is 4. The van der Waals surface area contributed by atoms with Crippen molar-refractivity contribution in [3.8, 4) is 23.0 Å². The Balaban J connectivity index is 0.000000201. The number of hydrogen-bond donors (Lipinski definition) is 2. The summed E-state index contributed by atoms with van der Waals surface area (Å²) in [6, 6.07) is 10.5. The maximum atomic E-state index is 11.4. The number of rotatable bonds is 6. The van der Waals surface area contributed by atoms with Gasteiger partial charge in [-0.25, -0.2) is 0 Å². The highest BCUT2D eigenvalue weighted by Gasteiger charge is 2.26. The van der Waals surface area contributed by atoms with E-state index in [0.29, 0.717) is 43.9 Å². The van der Waals surface area contributed by atoms with E-state index in [4.69, 9.17) is 18.9 Å². The van der Waals surface area contributed by atoms with Crippen LogP contribution in [-0.2, 0) is 9.59 Å². The van der Waals surface area contributed by atoms with Gasteiger partial charge in [-0.1, -0.05) is 0 Å². The van der Waals surface area contributed by atoms with Crippen LogP contribution in [0.4, 0.5) is 9.59 Å². The topological polar surface area (TPSA) is 129 Å². The zero-order valence-corrected chi connectivity index (χ0v) is 21.3. The molecule has 0 unspecified atom stereocenters. The summed E-state index contributed by atoms with van der Waals surface area (Å²) in [5.41, 5.74) is 1.43. The standard InChI is InChI=1S/2C12H11NO4S/c2*1-16-8-4-3-7(9(6-8)17-2)5-10-11(14)13-12(15)18-10/h2*3-6H,1-2H3,(H,13,14,15). The van der Waals surface area contributed by atoms with Gasteiger partial charge < -0.3 is 18.9 Å². The van der Waals surface area contributed by atoms with Gasteiger partial charge in [0.25, 0.3) is 22.3 Å². The average Bonchev–Trinajstić information content (AvgIpc) is 3.37. The summed E-state index contributed by atoms with van der Waals surface area (Å²) in [6.45, 7) is 0. The van der Waals surface area contributed by atoms with Crippen molar-refractivity contribution in [2.75, 3.05) is 28.4 Å². The van der Waals surface area contributed by atoms with Crippen molar-refractivity contribution in [3.05, 3.63) is 57.3 Å². The molecule has 0 radical (unpaired) electrons. The molecular formula is C24H22N2O8S2. The van der Waals surface area contributed by atoms with E-state index < -0.39 is 0 Å². The third kappa shape index (κ3) is 6.61. The van der Waals surface area contributed by atoms with Gasteiger partial charge in [0.15, 0.2) is 0 Å². The van der Waals surface area contributed by atoms with Crippen molar-refractivity contribution in [2.45, 2.75) is 0 Å². The number of methoxy groups -OCH3 is 4. The van der Waals surface area contributed by atoms with Gasteiger partial charge in [-0.15, -0.1) is 0 Å². The molecule has 2 N–H and O–H groups in total. The quantitative estimate of drug-likeness (QED) is 0.528. The number of nitrogens with one attached hydrogen (secondary N) is 2. The molecule has 0 aromatic heterocycles. The minimum Gasteiger partial charge on any atom is -0.497 e. The lowest BCUT2D eigenvalue weighted by molar-refractivity contribution is -0.116. The zero-order valence-electron chi connectivity index (χ0n) is 19.7. The Labute approximate surface area is 215 Å². The van der Waals surface area contributed by atoms with Crippen molar-refractivity contribution >= 4 is 58.0 Å². The van der Waals surface area contributed by atoms with Crippen molar-refractivity contribution < 1.29 is 38.1 Å². The Kier molecular flexibility index (Phi) is 9.03. The third-order valence-electron chi connectivity index (χ3n) is 4.74. The minimum absolute atomic E-state index is 0.350. The molecular weight excluding hydrogens is 508 g/mol. The molecule has 12 heteroatoms. The van der Waals surface area contributed by atoms with Crippen molar-refractivity contribution in [1.29, 1.82) is 0 Å². The molecule has 0 spiro atoms. The lowest BCUT2D eigenvalue weighted by atomic mass is 10.1. The lowest BCUT2D eigenvalue weighted by Gasteiger charge is -2.07. The van der Waals surface area contributed by atoms with Gasteiger partial charge >= 0.3 is 0 Å². The second-order valence-electron chi connectivity index (χ2n) is 6.92. The Hall–Kier alpha value is -3.90. The Bertz CT molecular complexity index is 1180. The maximum Gasteiger partial charge on any atom is 0.290 e. The molecule has 2 aliphatic rings. The van der Waals surface area contributed by atoms with Gasteiger partial charge in [0.2, 0.25) is 0 Å². The summed E-state index contributed by atoms with van der Waals surface area (Å²) in [4.78, 5) is 45.6. The van der Waals surface area contributed by atoms with Gasteiger partial charge in [0.05, 0.1) is 38.2 Å². The number of amides is 4. The SMILES string of the molecule is COc1ccc(C=C2SC(=O)NC2=O)c(OC)c1.COc1ccc(C=C2SC(=O)NC2=O)c(OC)c1. The van der Waals surface area contributed by atoms with E-state index in [1.54, 1.807) is 62.8 Å². The Morgan fingerprint density at radius 2 is 1.00 bits per heavy atom. The van der Waals surface area contributed by atoms with Crippen LogP contribution in [-0.4, -0.2) is 50.7 Å². The van der Waals surface area contributed by atoms with Crippen LogP contribution in [0.15, 0.2) is 46.2 Å². The zero-order chi connectivity index (χ0) is 26.2. The van der Waals surface area contributed by atoms with Crippen LogP contribution in [0.1, 0.15) is 11.1 Å². The molecule has 2 aromatic carbocycles. The fraction of sp³-hybridized carbons (Fsp3) is 0.167. The Morgan fingerprint density at radius 1 is 0.611 bits per heavy atom. The first-order valence-corrected chi connectivity index (χ1v) is 11.8. The molecule has 188 valence electrons. The molecule has 0 atom stereocenters. The van der Waals surface area contributed by atoms with Crippen LogP contribution in [0.2, 0.25) is 0 Å². The van der Waals surface area contributed by atoms with Crippen LogP contribution in [0.25, 0.3) is 12.2 Å². The van der Waals surface area contributed by atoms with Gasteiger partial charge in [-0.2, -0.15) is 0 Å². The predicted molar refractivity (Wildman–Crippen MR) is 137 cm³/mol. The van der Waals surface area contributed by atoms with Gasteiger partial charge in [0, 0.05) is 23.3 Å². The maximum absolute atomic E-state index is 11.4. The van der Waals surface area contributed by atoms with Crippen molar-refractivity contribution in [1.82, 2.24) is 10.6 Å². The normalized spacial score (nSPS) is 16.9. The first-order chi connectivity index (χ1) is 17.3. The largest absolute Gasteiger partial charge is 0.497 e. The van der Waals surface area contributed by atoms with E-state index in [1.807, 2.05) is 0 Å². The molecule has 0 saturated carbocycles. The van der Waals surface area contributed by atoms with Crippen LogP contribution in [0.3, 0.4) is 0 Å². The summed E-state index contributed by atoms with van der Waals surface area (Å²) < 4.78 is 20.6. The van der Waals surface area contributed by atoms with E-state index in [1.165, 1.54) is 14.2 Å². The molecule has 2 aliphatic heterocycles. The van der Waals surface area contributed by atoms with Gasteiger partial charge in [-0.05, 0) is 59.9 Å². The smallest absolute Gasteiger partial charge is 0.290 e. The summed E-state index contributed by atoms with van der Waals surface area (Å²) in [6.07, 6.45) is 3.23. The number of hydrogen-bond acceptors (Lipinski definition) is 10. The average molecular weight is 531 g/mol. The van der Waals surface area contributed by atoms with Crippen LogP contribution in [0, 0.1) is 0 Å². The van der Waals surface area contributed by atoms with Crippen molar-refractivity contribution in [3.63, 3.8) is 0 Å². The van der Waals surface area contributed by atoms with Crippen LogP contribution < -0.4 is 29.6 Å². The molecule has 10 nitrogen and oxygen atoms in total. The molecule has 0 bridgehead atoms. The monoisotopic (exact) mass is 530 g/mol. The van der Waals surface area contributed by atoms with Crippen LogP contribution >= 0.6 is 23.5 Å².